The second kappa shape index (κ2) is 15.2. The third kappa shape index (κ3) is 8.35. The average Bonchev–Trinajstić information content (AvgIpc) is 3.63. The summed E-state index contributed by atoms with van der Waals surface area (Å²) in [6.45, 7) is 0.295. The summed E-state index contributed by atoms with van der Waals surface area (Å²) in [6.07, 6.45) is 0.472. The van der Waals surface area contributed by atoms with Crippen molar-refractivity contribution in [2.75, 3.05) is 6.54 Å². The Balaban J connectivity index is 1.22. The smallest absolute Gasteiger partial charge is 0.416 e. The van der Waals surface area contributed by atoms with E-state index in [-0.39, 0.29) is 24.9 Å². The van der Waals surface area contributed by atoms with Crippen molar-refractivity contribution in [3.63, 3.8) is 0 Å². The zero-order chi connectivity index (χ0) is 35.3. The van der Waals surface area contributed by atoms with E-state index in [1.165, 1.54) is 12.1 Å². The molecule has 2 amide bonds. The molecule has 1 aliphatic carbocycles. The molecule has 0 aromatic heterocycles. The first-order chi connectivity index (χ1) is 24.0. The highest BCUT2D eigenvalue weighted by Crippen LogP contribution is 2.36. The Kier molecular flexibility index (Phi) is 10.6. The first kappa shape index (κ1) is 34.7. The molecule has 7 nitrogen and oxygen atoms in total. The number of nitrogens with zero attached hydrogens (tertiary/aromatic N) is 1. The van der Waals surface area contributed by atoms with Crippen molar-refractivity contribution in [3.8, 4) is 16.9 Å². The summed E-state index contributed by atoms with van der Waals surface area (Å²) >= 11 is 0. The van der Waals surface area contributed by atoms with Crippen LogP contribution in [0.4, 0.5) is 13.2 Å². The molecular weight excluding hydrogens is 645 g/mol. The van der Waals surface area contributed by atoms with Crippen molar-refractivity contribution in [1.29, 1.82) is 0 Å². The lowest BCUT2D eigenvalue weighted by Crippen LogP contribution is -2.51. The van der Waals surface area contributed by atoms with Gasteiger partial charge in [0.05, 0.1) is 5.56 Å². The number of benzene rings is 4. The average molecular weight is 685 g/mol. The van der Waals surface area contributed by atoms with Gasteiger partial charge >= 0.3 is 12.1 Å². The lowest BCUT2D eigenvalue weighted by Gasteiger charge is -2.37. The number of carboxylic acids is 1. The van der Waals surface area contributed by atoms with E-state index in [4.69, 9.17) is 4.74 Å². The van der Waals surface area contributed by atoms with Gasteiger partial charge in [-0.15, -0.1) is 0 Å². The van der Waals surface area contributed by atoms with Gasteiger partial charge in [0.1, 0.15) is 24.4 Å². The van der Waals surface area contributed by atoms with Gasteiger partial charge in [-0.05, 0) is 82.8 Å². The number of aliphatic carboxylic acids is 1. The van der Waals surface area contributed by atoms with Gasteiger partial charge in [-0.25, -0.2) is 4.79 Å². The van der Waals surface area contributed by atoms with E-state index in [1.807, 2.05) is 60.7 Å². The van der Waals surface area contributed by atoms with Gasteiger partial charge < -0.3 is 20.1 Å². The summed E-state index contributed by atoms with van der Waals surface area (Å²) in [7, 11) is 0. The van der Waals surface area contributed by atoms with Gasteiger partial charge in [0.15, 0.2) is 0 Å². The first-order valence-electron chi connectivity index (χ1n) is 16.9. The van der Waals surface area contributed by atoms with Gasteiger partial charge in [-0.1, -0.05) is 85.6 Å². The molecule has 4 aromatic rings. The van der Waals surface area contributed by atoms with Crippen LogP contribution >= 0.6 is 0 Å². The van der Waals surface area contributed by atoms with Crippen molar-refractivity contribution in [2.45, 2.75) is 69.8 Å². The molecule has 0 saturated heterocycles. The maximum absolute atomic E-state index is 14.2. The van der Waals surface area contributed by atoms with Crippen molar-refractivity contribution in [3.05, 3.63) is 125 Å². The molecule has 50 heavy (non-hydrogen) atoms. The van der Waals surface area contributed by atoms with E-state index >= 15 is 0 Å². The predicted molar refractivity (Wildman–Crippen MR) is 182 cm³/mol. The van der Waals surface area contributed by atoms with Crippen molar-refractivity contribution in [1.82, 2.24) is 10.2 Å². The second-order valence-corrected chi connectivity index (χ2v) is 13.1. The standard InChI is InChI=1S/C40H39F3N2O5/c41-40(42,43)32-17-12-28(13-18-32)25-50-33-19-16-31-20-21-45(36(46)23-26-6-4-5-7-26)37(34(31)24-33)38(47)44-35(39(48)49)22-27-10-14-30(15-11-27)29-8-2-1-3-9-29/h1-3,8-19,24,26,35,37H,4-7,20-23,25H2,(H,44,47)(H,48,49)/t35-,37?/m0/s1. The SMILES string of the molecule is O=C(N[C@@H](Cc1ccc(-c2ccccc2)cc1)C(=O)O)C1c2cc(OCc3ccc(C(F)(F)F)cc3)ccc2CCN1C(=O)CC1CCCC1. The number of carbonyl (C=O) groups excluding carboxylic acids is 2. The Hall–Kier alpha value is -5.12. The molecule has 260 valence electrons. The molecule has 1 heterocycles. The maximum atomic E-state index is 14.2. The lowest BCUT2D eigenvalue weighted by molar-refractivity contribution is -0.145. The molecular formula is C40H39F3N2O5. The van der Waals surface area contributed by atoms with Crippen LogP contribution in [0.1, 0.15) is 66.0 Å². The molecule has 4 aromatic carbocycles. The van der Waals surface area contributed by atoms with E-state index in [0.29, 0.717) is 36.3 Å². The summed E-state index contributed by atoms with van der Waals surface area (Å²) in [5.74, 6) is -1.32. The molecule has 6 rings (SSSR count). The quantitative estimate of drug-likeness (QED) is 0.168. The summed E-state index contributed by atoms with van der Waals surface area (Å²) < 4.78 is 45.0. The van der Waals surface area contributed by atoms with Crippen molar-refractivity contribution in [2.24, 2.45) is 5.92 Å². The van der Waals surface area contributed by atoms with E-state index in [1.54, 1.807) is 17.0 Å². The summed E-state index contributed by atoms with van der Waals surface area (Å²) in [5, 5.41) is 12.9. The van der Waals surface area contributed by atoms with Gasteiger partial charge in [-0.2, -0.15) is 13.2 Å². The number of hydrogen-bond acceptors (Lipinski definition) is 4. The van der Waals surface area contributed by atoms with Crippen molar-refractivity contribution < 1.29 is 37.4 Å². The Morgan fingerprint density at radius 3 is 2.18 bits per heavy atom. The number of carboxylic acid groups (broad SMARTS) is 1. The molecule has 1 unspecified atom stereocenters. The fourth-order valence-electron chi connectivity index (χ4n) is 6.92. The number of halogens is 3. The molecule has 0 radical (unpaired) electrons. The fraction of sp³-hybridized carbons (Fsp3) is 0.325. The molecule has 1 aliphatic heterocycles. The number of fused-ring (bicyclic) bond motifs is 1. The minimum absolute atomic E-state index is 0.0116. The Bertz CT molecular complexity index is 1800. The van der Waals surface area contributed by atoms with Crippen LogP contribution in [0.3, 0.4) is 0 Å². The predicted octanol–water partition coefficient (Wildman–Crippen LogP) is 7.77. The molecule has 2 N–H and O–H groups in total. The zero-order valence-electron chi connectivity index (χ0n) is 27.5. The molecule has 1 fully saturated rings. The molecule has 1 saturated carbocycles. The van der Waals surface area contributed by atoms with Crippen LogP contribution in [0.5, 0.6) is 5.75 Å². The molecule has 0 bridgehead atoms. The number of nitrogens with one attached hydrogen (secondary N) is 1. The van der Waals surface area contributed by atoms with Gasteiger partial charge in [0.25, 0.3) is 0 Å². The van der Waals surface area contributed by atoms with Crippen LogP contribution < -0.4 is 10.1 Å². The number of hydrogen-bond donors (Lipinski definition) is 2. The molecule has 0 spiro atoms. The maximum Gasteiger partial charge on any atom is 0.416 e. The van der Waals surface area contributed by atoms with Gasteiger partial charge in [-0.3, -0.25) is 9.59 Å². The third-order valence-corrected chi connectivity index (χ3v) is 9.65. The summed E-state index contributed by atoms with van der Waals surface area (Å²) in [4.78, 5) is 41.9. The molecule has 2 atom stereocenters. The van der Waals surface area contributed by atoms with E-state index < -0.39 is 35.7 Å². The summed E-state index contributed by atoms with van der Waals surface area (Å²) in [6, 6.07) is 24.9. The fourth-order valence-corrected chi connectivity index (χ4v) is 6.92. The first-order valence-corrected chi connectivity index (χ1v) is 16.9. The van der Waals surface area contributed by atoms with Crippen LogP contribution in [0.2, 0.25) is 0 Å². The third-order valence-electron chi connectivity index (χ3n) is 9.65. The van der Waals surface area contributed by atoms with Crippen LogP contribution in [-0.4, -0.2) is 40.4 Å². The van der Waals surface area contributed by atoms with Crippen LogP contribution in [-0.2, 0) is 40.0 Å². The topological polar surface area (TPSA) is 95.9 Å². The molecule has 2 aliphatic rings. The highest BCUT2D eigenvalue weighted by Gasteiger charge is 2.38. The minimum atomic E-state index is -4.44. The van der Waals surface area contributed by atoms with E-state index in [9.17, 15) is 32.7 Å². The Morgan fingerprint density at radius 2 is 1.52 bits per heavy atom. The Morgan fingerprint density at radius 1 is 0.860 bits per heavy atom. The van der Waals surface area contributed by atoms with Gasteiger partial charge in [0.2, 0.25) is 11.8 Å². The monoisotopic (exact) mass is 684 g/mol. The van der Waals surface area contributed by atoms with Crippen LogP contribution in [0, 0.1) is 5.92 Å². The van der Waals surface area contributed by atoms with Gasteiger partial charge in [0, 0.05) is 19.4 Å². The van der Waals surface area contributed by atoms with Crippen LogP contribution in [0.15, 0.2) is 97.1 Å². The highest BCUT2D eigenvalue weighted by atomic mass is 19.4. The highest BCUT2D eigenvalue weighted by molar-refractivity contribution is 5.92. The second-order valence-electron chi connectivity index (χ2n) is 13.1. The van der Waals surface area contributed by atoms with Crippen LogP contribution in [0.25, 0.3) is 11.1 Å². The number of alkyl halides is 3. The van der Waals surface area contributed by atoms with Crippen molar-refractivity contribution >= 4 is 17.8 Å². The number of carbonyl (C=O) groups is 3. The normalized spacial score (nSPS) is 16.8. The number of amides is 2. The Labute approximate surface area is 289 Å². The lowest BCUT2D eigenvalue weighted by atomic mass is 9.90. The minimum Gasteiger partial charge on any atom is -0.489 e. The summed E-state index contributed by atoms with van der Waals surface area (Å²) in [5.41, 5.74) is 3.89. The molecule has 10 heteroatoms. The number of ether oxygens (including phenoxy) is 1. The van der Waals surface area contributed by atoms with E-state index in [0.717, 1.165) is 60.1 Å². The zero-order valence-corrected chi connectivity index (χ0v) is 27.5. The van der Waals surface area contributed by atoms with E-state index in [2.05, 4.69) is 5.32 Å². The number of rotatable bonds is 11. The largest absolute Gasteiger partial charge is 0.489 e.